The molecule has 0 saturated heterocycles. The van der Waals surface area contributed by atoms with E-state index < -0.39 is 6.04 Å². The average molecular weight is 251 g/mol. The lowest BCUT2D eigenvalue weighted by Crippen LogP contribution is -1.95. The summed E-state index contributed by atoms with van der Waals surface area (Å²) in [6, 6.07) is 13.2. The fourth-order valence-corrected chi connectivity index (χ4v) is 2.52. The molecule has 0 aliphatic heterocycles. The summed E-state index contributed by atoms with van der Waals surface area (Å²) in [5.41, 5.74) is 4.02. The fourth-order valence-electron chi connectivity index (χ4n) is 2.52. The predicted molar refractivity (Wildman–Crippen MR) is 75.2 cm³/mol. The van der Waals surface area contributed by atoms with Gasteiger partial charge >= 0.3 is 0 Å². The molecule has 0 fully saturated rings. The van der Waals surface area contributed by atoms with Crippen LogP contribution in [0, 0.1) is 4.91 Å². The molecule has 2 aromatic carbocycles. The standard InChI is InChI=1S/C16H13NO2/c1-2-9-19-11-7-8-13-12-5-3-4-6-14(12)16(17-18)15(13)10-11/h2-8,10,16H,1,9H2. The molecule has 0 N–H and O–H groups in total. The van der Waals surface area contributed by atoms with Crippen LogP contribution in [0.3, 0.4) is 0 Å². The van der Waals surface area contributed by atoms with E-state index >= 15 is 0 Å². The van der Waals surface area contributed by atoms with Gasteiger partial charge in [-0.25, -0.2) is 0 Å². The number of ether oxygens (including phenoxy) is 1. The highest BCUT2D eigenvalue weighted by molar-refractivity contribution is 5.79. The number of rotatable bonds is 4. The summed E-state index contributed by atoms with van der Waals surface area (Å²) in [5.74, 6) is 0.736. The highest BCUT2D eigenvalue weighted by Gasteiger charge is 2.29. The van der Waals surface area contributed by atoms with E-state index in [0.717, 1.165) is 28.0 Å². The van der Waals surface area contributed by atoms with Gasteiger partial charge in [0.2, 0.25) is 0 Å². The summed E-state index contributed by atoms with van der Waals surface area (Å²) in [6.45, 7) is 4.07. The van der Waals surface area contributed by atoms with Gasteiger partial charge in [0.1, 0.15) is 18.4 Å². The normalized spacial score (nSPS) is 15.5. The van der Waals surface area contributed by atoms with Gasteiger partial charge in [0.05, 0.1) is 0 Å². The van der Waals surface area contributed by atoms with Crippen LogP contribution in [-0.4, -0.2) is 6.61 Å². The Kier molecular flexibility index (Phi) is 2.88. The molecule has 3 rings (SSSR count). The van der Waals surface area contributed by atoms with Crippen LogP contribution in [0.15, 0.2) is 60.3 Å². The lowest BCUT2D eigenvalue weighted by Gasteiger charge is -2.07. The van der Waals surface area contributed by atoms with Crippen molar-refractivity contribution in [3.8, 4) is 16.9 Å². The highest BCUT2D eigenvalue weighted by atomic mass is 16.5. The van der Waals surface area contributed by atoms with Gasteiger partial charge in [-0.2, -0.15) is 0 Å². The molecule has 3 heteroatoms. The van der Waals surface area contributed by atoms with Crippen LogP contribution in [0.4, 0.5) is 0 Å². The molecule has 3 nitrogen and oxygen atoms in total. The van der Waals surface area contributed by atoms with Gasteiger partial charge in [0.15, 0.2) is 0 Å². The van der Waals surface area contributed by atoms with Crippen molar-refractivity contribution in [1.29, 1.82) is 0 Å². The molecular formula is C16H13NO2. The van der Waals surface area contributed by atoms with Crippen molar-refractivity contribution in [2.45, 2.75) is 6.04 Å². The van der Waals surface area contributed by atoms with Gasteiger partial charge in [0.25, 0.3) is 0 Å². The molecule has 1 aliphatic carbocycles. The molecule has 19 heavy (non-hydrogen) atoms. The lowest BCUT2D eigenvalue weighted by atomic mass is 10.1. The van der Waals surface area contributed by atoms with Crippen molar-refractivity contribution < 1.29 is 4.74 Å². The van der Waals surface area contributed by atoms with Crippen molar-refractivity contribution in [2.24, 2.45) is 5.18 Å². The molecule has 0 bridgehead atoms. The topological polar surface area (TPSA) is 38.7 Å². The SMILES string of the molecule is C=CCOc1ccc2c(c1)C(N=O)c1ccccc1-2. The van der Waals surface area contributed by atoms with Gasteiger partial charge in [-0.3, -0.25) is 0 Å². The Labute approximate surface area is 111 Å². The molecule has 1 atom stereocenters. The quantitative estimate of drug-likeness (QED) is 0.606. The maximum Gasteiger partial charge on any atom is 0.143 e. The molecule has 94 valence electrons. The van der Waals surface area contributed by atoms with Crippen LogP contribution in [0.2, 0.25) is 0 Å². The summed E-state index contributed by atoms with van der Waals surface area (Å²) < 4.78 is 5.51. The van der Waals surface area contributed by atoms with Crippen LogP contribution < -0.4 is 4.74 Å². The smallest absolute Gasteiger partial charge is 0.143 e. The number of hydrogen-bond donors (Lipinski definition) is 0. The van der Waals surface area contributed by atoms with E-state index in [1.807, 2.05) is 42.5 Å². The van der Waals surface area contributed by atoms with Crippen LogP contribution in [0.1, 0.15) is 17.2 Å². The molecule has 0 aromatic heterocycles. The van der Waals surface area contributed by atoms with Gasteiger partial charge < -0.3 is 4.74 Å². The minimum Gasteiger partial charge on any atom is -0.490 e. The zero-order valence-electron chi connectivity index (χ0n) is 10.4. The highest BCUT2D eigenvalue weighted by Crippen LogP contribution is 2.46. The Morgan fingerprint density at radius 1 is 1.16 bits per heavy atom. The monoisotopic (exact) mass is 251 g/mol. The van der Waals surface area contributed by atoms with E-state index in [1.54, 1.807) is 6.08 Å². The minimum atomic E-state index is -0.432. The Bertz CT molecular complexity index is 649. The molecule has 2 aromatic rings. The zero-order valence-corrected chi connectivity index (χ0v) is 10.4. The Hall–Kier alpha value is -2.42. The first-order chi connectivity index (χ1) is 9.35. The molecular weight excluding hydrogens is 238 g/mol. The molecule has 0 spiro atoms. The fraction of sp³-hybridized carbons (Fsp3) is 0.125. The lowest BCUT2D eigenvalue weighted by molar-refractivity contribution is 0.363. The van der Waals surface area contributed by atoms with Crippen LogP contribution >= 0.6 is 0 Å². The van der Waals surface area contributed by atoms with Crippen molar-refractivity contribution in [1.82, 2.24) is 0 Å². The van der Waals surface area contributed by atoms with Gasteiger partial charge in [0, 0.05) is 0 Å². The molecule has 0 amide bonds. The minimum absolute atomic E-state index is 0.432. The number of nitrogens with zero attached hydrogens (tertiary/aromatic N) is 1. The largest absolute Gasteiger partial charge is 0.490 e. The summed E-state index contributed by atoms with van der Waals surface area (Å²) in [5, 5.41) is 3.27. The van der Waals surface area contributed by atoms with Gasteiger partial charge in [-0.05, 0) is 34.4 Å². The predicted octanol–water partition coefficient (Wildman–Crippen LogP) is 4.09. The summed E-state index contributed by atoms with van der Waals surface area (Å²) in [7, 11) is 0. The summed E-state index contributed by atoms with van der Waals surface area (Å²) >= 11 is 0. The van der Waals surface area contributed by atoms with E-state index in [0.29, 0.717) is 6.61 Å². The summed E-state index contributed by atoms with van der Waals surface area (Å²) in [4.78, 5) is 11.2. The van der Waals surface area contributed by atoms with Crippen LogP contribution in [0.25, 0.3) is 11.1 Å². The third-order valence-electron chi connectivity index (χ3n) is 3.34. The van der Waals surface area contributed by atoms with Gasteiger partial charge in [-0.15, -0.1) is 4.91 Å². The first kappa shape index (κ1) is 11.7. The average Bonchev–Trinajstić information content (AvgIpc) is 2.78. The number of hydrogen-bond acceptors (Lipinski definition) is 3. The van der Waals surface area contributed by atoms with Crippen molar-refractivity contribution in [2.75, 3.05) is 6.61 Å². The maximum atomic E-state index is 11.2. The first-order valence-corrected chi connectivity index (χ1v) is 6.14. The molecule has 0 heterocycles. The van der Waals surface area contributed by atoms with Crippen LogP contribution in [-0.2, 0) is 0 Å². The Morgan fingerprint density at radius 3 is 2.74 bits per heavy atom. The second-order valence-corrected chi connectivity index (χ2v) is 4.44. The molecule has 0 radical (unpaired) electrons. The molecule has 0 saturated carbocycles. The van der Waals surface area contributed by atoms with E-state index in [1.165, 1.54) is 0 Å². The second-order valence-electron chi connectivity index (χ2n) is 4.44. The maximum absolute atomic E-state index is 11.2. The zero-order chi connectivity index (χ0) is 13.2. The van der Waals surface area contributed by atoms with Crippen molar-refractivity contribution >= 4 is 0 Å². The third-order valence-corrected chi connectivity index (χ3v) is 3.34. The van der Waals surface area contributed by atoms with Crippen LogP contribution in [0.5, 0.6) is 5.75 Å². The van der Waals surface area contributed by atoms with Crippen molar-refractivity contribution in [3.05, 3.63) is 71.2 Å². The van der Waals surface area contributed by atoms with E-state index in [4.69, 9.17) is 4.74 Å². The summed E-state index contributed by atoms with van der Waals surface area (Å²) in [6.07, 6.45) is 1.69. The number of fused-ring (bicyclic) bond motifs is 3. The Balaban J connectivity index is 2.09. The number of benzene rings is 2. The molecule has 1 unspecified atom stereocenters. The van der Waals surface area contributed by atoms with E-state index in [-0.39, 0.29) is 0 Å². The number of nitroso groups, excluding NO2 is 1. The van der Waals surface area contributed by atoms with E-state index in [2.05, 4.69) is 11.8 Å². The van der Waals surface area contributed by atoms with E-state index in [9.17, 15) is 4.91 Å². The molecule has 1 aliphatic rings. The third kappa shape index (κ3) is 1.83. The van der Waals surface area contributed by atoms with Gasteiger partial charge in [-0.1, -0.05) is 48.2 Å². The second kappa shape index (κ2) is 4.69. The van der Waals surface area contributed by atoms with Crippen molar-refractivity contribution in [3.63, 3.8) is 0 Å². The Morgan fingerprint density at radius 2 is 1.95 bits per heavy atom. The first-order valence-electron chi connectivity index (χ1n) is 6.14.